The first-order chi connectivity index (χ1) is 11.6. The van der Waals surface area contributed by atoms with E-state index < -0.39 is 10.0 Å². The lowest BCUT2D eigenvalue weighted by Gasteiger charge is -2.43. The molecule has 2 aromatic carbocycles. The van der Waals surface area contributed by atoms with Gasteiger partial charge in [0.05, 0.1) is 16.6 Å². The van der Waals surface area contributed by atoms with Crippen LogP contribution >= 0.6 is 11.6 Å². The molecule has 3 rings (SSSR count). The van der Waals surface area contributed by atoms with Crippen molar-refractivity contribution in [2.45, 2.75) is 38.6 Å². The molecule has 1 aliphatic rings. The van der Waals surface area contributed by atoms with Crippen molar-refractivity contribution in [1.82, 2.24) is 0 Å². The maximum absolute atomic E-state index is 13.5. The Morgan fingerprint density at radius 3 is 2.36 bits per heavy atom. The number of fused-ring (bicyclic) bond motifs is 1. The van der Waals surface area contributed by atoms with Crippen LogP contribution in [0.15, 0.2) is 47.4 Å². The number of nitrogens with zero attached hydrogens (tertiary/aromatic N) is 1. The van der Waals surface area contributed by atoms with Crippen LogP contribution in [0.1, 0.15) is 26.3 Å². The lowest BCUT2D eigenvalue weighted by Crippen LogP contribution is -2.53. The third kappa shape index (κ3) is 3.35. The van der Waals surface area contributed by atoms with E-state index in [1.54, 1.807) is 24.3 Å². The highest BCUT2D eigenvalue weighted by Crippen LogP contribution is 2.42. The molecule has 0 N–H and O–H groups in total. The first-order valence-electron chi connectivity index (χ1n) is 8.14. The zero-order valence-electron chi connectivity index (χ0n) is 14.8. The van der Waals surface area contributed by atoms with Crippen molar-refractivity contribution >= 4 is 27.3 Å². The molecular formula is C19H22ClNO3S. The predicted molar refractivity (Wildman–Crippen MR) is 101 cm³/mol. The topological polar surface area (TPSA) is 46.6 Å². The molecule has 2 aromatic rings. The monoisotopic (exact) mass is 379 g/mol. The molecule has 0 aliphatic carbocycles. The van der Waals surface area contributed by atoms with E-state index in [1.807, 2.05) is 45.9 Å². The SMILES string of the molecule is Cc1ccc2c(c1)N(S(=O)(=O)c1ccc(Cl)cc1)C(C(C)(C)C)CO2. The second-order valence-electron chi connectivity index (χ2n) is 7.42. The molecule has 25 heavy (non-hydrogen) atoms. The van der Waals surface area contributed by atoms with Gasteiger partial charge in [0.25, 0.3) is 10.0 Å². The Balaban J connectivity index is 2.21. The molecule has 1 heterocycles. The van der Waals surface area contributed by atoms with E-state index in [1.165, 1.54) is 4.31 Å². The third-order valence-corrected chi connectivity index (χ3v) is 6.49. The number of sulfonamides is 1. The van der Waals surface area contributed by atoms with Gasteiger partial charge in [-0.2, -0.15) is 0 Å². The van der Waals surface area contributed by atoms with Crippen LogP contribution in [0, 0.1) is 12.3 Å². The summed E-state index contributed by atoms with van der Waals surface area (Å²) in [4.78, 5) is 0.223. The van der Waals surface area contributed by atoms with E-state index >= 15 is 0 Å². The summed E-state index contributed by atoms with van der Waals surface area (Å²) in [6.45, 7) is 8.31. The minimum Gasteiger partial charge on any atom is -0.489 e. The van der Waals surface area contributed by atoms with Crippen molar-refractivity contribution in [2.75, 3.05) is 10.9 Å². The van der Waals surface area contributed by atoms with Crippen molar-refractivity contribution in [2.24, 2.45) is 5.41 Å². The van der Waals surface area contributed by atoms with Gasteiger partial charge in [0.1, 0.15) is 12.4 Å². The van der Waals surface area contributed by atoms with Gasteiger partial charge in [0.15, 0.2) is 0 Å². The zero-order chi connectivity index (χ0) is 18.4. The van der Waals surface area contributed by atoms with Gasteiger partial charge in [-0.1, -0.05) is 38.4 Å². The van der Waals surface area contributed by atoms with Crippen LogP contribution in [0.2, 0.25) is 5.02 Å². The molecule has 134 valence electrons. The van der Waals surface area contributed by atoms with Crippen LogP contribution in [0.3, 0.4) is 0 Å². The molecule has 0 saturated heterocycles. The molecule has 1 unspecified atom stereocenters. The second-order valence-corrected chi connectivity index (χ2v) is 9.67. The number of anilines is 1. The van der Waals surface area contributed by atoms with Crippen LogP contribution in [0.5, 0.6) is 5.75 Å². The smallest absolute Gasteiger partial charge is 0.264 e. The first-order valence-corrected chi connectivity index (χ1v) is 9.96. The Morgan fingerprint density at radius 1 is 1.12 bits per heavy atom. The number of aryl methyl sites for hydroxylation is 1. The second kappa shape index (κ2) is 6.22. The molecule has 6 heteroatoms. The summed E-state index contributed by atoms with van der Waals surface area (Å²) in [5.74, 6) is 0.587. The Bertz CT molecular complexity index is 886. The number of benzene rings is 2. The molecule has 1 atom stereocenters. The van der Waals surface area contributed by atoms with Gasteiger partial charge in [0.2, 0.25) is 0 Å². The van der Waals surface area contributed by atoms with Gasteiger partial charge in [-0.3, -0.25) is 4.31 Å². The van der Waals surface area contributed by atoms with E-state index in [0.29, 0.717) is 23.1 Å². The van der Waals surface area contributed by atoms with Crippen LogP contribution in [0.25, 0.3) is 0 Å². The fraction of sp³-hybridized carbons (Fsp3) is 0.368. The molecular weight excluding hydrogens is 358 g/mol. The van der Waals surface area contributed by atoms with Crippen molar-refractivity contribution < 1.29 is 13.2 Å². The fourth-order valence-corrected chi connectivity index (χ4v) is 4.89. The van der Waals surface area contributed by atoms with Crippen molar-refractivity contribution in [3.05, 3.63) is 53.1 Å². The van der Waals surface area contributed by atoms with E-state index in [9.17, 15) is 8.42 Å². The van der Waals surface area contributed by atoms with Crippen LogP contribution in [-0.4, -0.2) is 21.1 Å². The summed E-state index contributed by atoms with van der Waals surface area (Å²) in [5, 5.41) is 0.504. The van der Waals surface area contributed by atoms with Crippen LogP contribution in [0.4, 0.5) is 5.69 Å². The largest absolute Gasteiger partial charge is 0.489 e. The summed E-state index contributed by atoms with van der Waals surface area (Å²) in [7, 11) is -3.75. The minimum absolute atomic E-state index is 0.223. The maximum Gasteiger partial charge on any atom is 0.264 e. The molecule has 0 amide bonds. The Kier molecular flexibility index (Phi) is 4.50. The Morgan fingerprint density at radius 2 is 1.76 bits per heavy atom. The lowest BCUT2D eigenvalue weighted by atomic mass is 9.86. The quantitative estimate of drug-likeness (QED) is 0.762. The van der Waals surface area contributed by atoms with Crippen molar-refractivity contribution in [1.29, 1.82) is 0 Å². The summed E-state index contributed by atoms with van der Waals surface area (Å²) < 4.78 is 34.3. The van der Waals surface area contributed by atoms with Gasteiger partial charge in [-0.25, -0.2) is 8.42 Å². The number of hydrogen-bond acceptors (Lipinski definition) is 3. The molecule has 4 nitrogen and oxygen atoms in total. The predicted octanol–water partition coefficient (Wildman–Crippen LogP) is 4.65. The standard InChI is InChI=1S/C19H22ClNO3S/c1-13-5-10-17-16(11-13)21(18(12-24-17)19(2,3)4)25(22,23)15-8-6-14(20)7-9-15/h5-11,18H,12H2,1-4H3. The van der Waals surface area contributed by atoms with Gasteiger partial charge in [-0.15, -0.1) is 0 Å². The summed E-state index contributed by atoms with van der Waals surface area (Å²) in [6, 6.07) is 11.6. The Labute approximate surface area is 154 Å². The van der Waals surface area contributed by atoms with Crippen LogP contribution in [-0.2, 0) is 10.0 Å². The highest BCUT2D eigenvalue weighted by molar-refractivity contribution is 7.92. The number of ether oxygens (including phenoxy) is 1. The Hall–Kier alpha value is -1.72. The molecule has 0 fully saturated rings. The molecule has 0 bridgehead atoms. The van der Waals surface area contributed by atoms with Gasteiger partial charge in [-0.05, 0) is 54.3 Å². The lowest BCUT2D eigenvalue weighted by molar-refractivity contribution is 0.193. The average Bonchev–Trinajstić information content (AvgIpc) is 2.53. The highest BCUT2D eigenvalue weighted by atomic mass is 35.5. The van der Waals surface area contributed by atoms with E-state index in [0.717, 1.165) is 5.56 Å². The summed E-state index contributed by atoms with van der Waals surface area (Å²) >= 11 is 5.92. The van der Waals surface area contributed by atoms with E-state index in [2.05, 4.69) is 0 Å². The number of rotatable bonds is 2. The average molecular weight is 380 g/mol. The summed E-state index contributed by atoms with van der Waals surface area (Å²) in [5.41, 5.74) is 1.27. The number of hydrogen-bond donors (Lipinski definition) is 0. The molecule has 0 radical (unpaired) electrons. The van der Waals surface area contributed by atoms with Gasteiger partial charge in [0, 0.05) is 5.02 Å². The van der Waals surface area contributed by atoms with E-state index in [-0.39, 0.29) is 16.4 Å². The number of halogens is 1. The maximum atomic E-state index is 13.5. The summed E-state index contributed by atoms with van der Waals surface area (Å²) in [6.07, 6.45) is 0. The molecule has 0 spiro atoms. The van der Waals surface area contributed by atoms with Gasteiger partial charge < -0.3 is 4.74 Å². The first kappa shape index (κ1) is 18.1. The normalized spacial score (nSPS) is 17.8. The minimum atomic E-state index is -3.75. The van der Waals surface area contributed by atoms with Crippen molar-refractivity contribution in [3.63, 3.8) is 0 Å². The van der Waals surface area contributed by atoms with E-state index in [4.69, 9.17) is 16.3 Å². The zero-order valence-corrected chi connectivity index (χ0v) is 16.4. The molecule has 0 saturated carbocycles. The third-order valence-electron chi connectivity index (χ3n) is 4.40. The highest BCUT2D eigenvalue weighted by Gasteiger charge is 2.42. The molecule has 0 aromatic heterocycles. The van der Waals surface area contributed by atoms with Gasteiger partial charge >= 0.3 is 0 Å². The van der Waals surface area contributed by atoms with Crippen LogP contribution < -0.4 is 9.04 Å². The fourth-order valence-electron chi connectivity index (χ4n) is 2.94. The molecule has 1 aliphatic heterocycles. The van der Waals surface area contributed by atoms with Crippen molar-refractivity contribution in [3.8, 4) is 5.75 Å².